The number of nitriles is 1. The quantitative estimate of drug-likeness (QED) is 0.775. The lowest BCUT2D eigenvalue weighted by atomic mass is 9.87. The molecule has 0 spiro atoms. The third kappa shape index (κ3) is 4.42. The van der Waals surface area contributed by atoms with E-state index >= 15 is 0 Å². The number of amides is 2. The molecule has 0 radical (unpaired) electrons. The molecule has 2 rings (SSSR count). The highest BCUT2D eigenvalue weighted by Gasteiger charge is 2.24. The van der Waals surface area contributed by atoms with Crippen molar-refractivity contribution in [2.24, 2.45) is 0 Å². The van der Waals surface area contributed by atoms with Crippen LogP contribution in [-0.4, -0.2) is 29.8 Å². The molecule has 0 aliphatic carbocycles. The zero-order chi connectivity index (χ0) is 21.1. The van der Waals surface area contributed by atoms with Crippen LogP contribution in [0.1, 0.15) is 71.3 Å². The minimum atomic E-state index is -0.292. The lowest BCUT2D eigenvalue weighted by Crippen LogP contribution is -2.30. The highest BCUT2D eigenvalue weighted by molar-refractivity contribution is 7.18. The Balaban J connectivity index is 2.31. The molecule has 1 heterocycles. The molecule has 0 aliphatic heterocycles. The third-order valence-corrected chi connectivity index (χ3v) is 5.94. The van der Waals surface area contributed by atoms with Gasteiger partial charge in [0.1, 0.15) is 11.1 Å². The first-order chi connectivity index (χ1) is 13.1. The maximum atomic E-state index is 12.7. The molecule has 5 nitrogen and oxygen atoms in total. The fourth-order valence-corrected chi connectivity index (χ4v) is 4.01. The molecule has 1 aromatic carbocycles. The van der Waals surface area contributed by atoms with E-state index in [0.29, 0.717) is 39.7 Å². The number of hydrogen-bond donors (Lipinski definition) is 1. The monoisotopic (exact) mass is 397 g/mol. The van der Waals surface area contributed by atoms with E-state index in [1.165, 1.54) is 0 Å². The topological polar surface area (TPSA) is 73.2 Å². The van der Waals surface area contributed by atoms with Gasteiger partial charge in [0.25, 0.3) is 11.8 Å². The average molecular weight is 398 g/mol. The molecule has 148 valence electrons. The summed E-state index contributed by atoms with van der Waals surface area (Å²) in [6.45, 7) is 13.1. The van der Waals surface area contributed by atoms with Gasteiger partial charge in [-0.2, -0.15) is 5.26 Å². The molecule has 28 heavy (non-hydrogen) atoms. The molecule has 0 saturated heterocycles. The van der Waals surface area contributed by atoms with E-state index < -0.39 is 0 Å². The minimum Gasteiger partial charge on any atom is -0.338 e. The summed E-state index contributed by atoms with van der Waals surface area (Å²) in [5.41, 5.74) is 2.62. The van der Waals surface area contributed by atoms with Gasteiger partial charge in [0.05, 0.1) is 10.4 Å². The van der Waals surface area contributed by atoms with E-state index in [4.69, 9.17) is 0 Å². The number of nitrogens with one attached hydrogen (secondary N) is 1. The van der Waals surface area contributed by atoms with Crippen LogP contribution in [0.3, 0.4) is 0 Å². The van der Waals surface area contributed by atoms with E-state index in [9.17, 15) is 14.9 Å². The summed E-state index contributed by atoms with van der Waals surface area (Å²) in [5, 5.41) is 12.8. The molecule has 0 atom stereocenters. The highest BCUT2D eigenvalue weighted by atomic mass is 32.1. The molecule has 6 heteroatoms. The predicted octanol–water partition coefficient (Wildman–Crippen LogP) is 4.96. The van der Waals surface area contributed by atoms with Gasteiger partial charge in [-0.15, -0.1) is 11.3 Å². The molecule has 0 unspecified atom stereocenters. The van der Waals surface area contributed by atoms with Crippen LogP contribution in [0.2, 0.25) is 0 Å². The average Bonchev–Trinajstić information content (AvgIpc) is 2.97. The van der Waals surface area contributed by atoms with E-state index in [-0.39, 0.29) is 17.2 Å². The zero-order valence-corrected chi connectivity index (χ0v) is 18.2. The second-order valence-electron chi connectivity index (χ2n) is 7.63. The van der Waals surface area contributed by atoms with Gasteiger partial charge in [-0.05, 0) is 49.4 Å². The lowest BCUT2D eigenvalue weighted by molar-refractivity contribution is 0.0777. The number of rotatable bonds is 5. The van der Waals surface area contributed by atoms with Crippen molar-refractivity contribution in [3.63, 3.8) is 0 Å². The molecule has 2 aromatic rings. The molecular weight excluding hydrogens is 370 g/mol. The van der Waals surface area contributed by atoms with E-state index in [0.717, 1.165) is 16.9 Å². The Bertz CT molecular complexity index is 911. The zero-order valence-electron chi connectivity index (χ0n) is 17.3. The van der Waals surface area contributed by atoms with Crippen molar-refractivity contribution in [3.05, 3.63) is 51.4 Å². The maximum absolute atomic E-state index is 12.7. The lowest BCUT2D eigenvalue weighted by Gasteiger charge is -2.19. The van der Waals surface area contributed by atoms with Gasteiger partial charge in [-0.25, -0.2) is 0 Å². The largest absolute Gasteiger partial charge is 0.338 e. The van der Waals surface area contributed by atoms with Gasteiger partial charge in [-0.3, -0.25) is 9.59 Å². The van der Waals surface area contributed by atoms with Crippen molar-refractivity contribution in [2.45, 2.75) is 47.0 Å². The number of nitrogens with zero attached hydrogens (tertiary/aromatic N) is 2. The molecule has 0 fully saturated rings. The second-order valence-corrected chi connectivity index (χ2v) is 8.65. The Labute approximate surface area is 171 Å². The highest BCUT2D eigenvalue weighted by Crippen LogP contribution is 2.34. The van der Waals surface area contributed by atoms with Gasteiger partial charge < -0.3 is 10.2 Å². The van der Waals surface area contributed by atoms with E-state index in [1.54, 1.807) is 24.0 Å². The van der Waals surface area contributed by atoms with Crippen LogP contribution in [-0.2, 0) is 5.41 Å². The molecule has 1 N–H and O–H groups in total. The third-order valence-electron chi connectivity index (χ3n) is 4.74. The number of carbonyl (C=O) groups excluding carboxylic acids is 2. The van der Waals surface area contributed by atoms with Gasteiger partial charge in [0.2, 0.25) is 0 Å². The van der Waals surface area contributed by atoms with Crippen molar-refractivity contribution in [1.82, 2.24) is 4.90 Å². The van der Waals surface area contributed by atoms with Crippen molar-refractivity contribution in [3.8, 4) is 6.07 Å². The summed E-state index contributed by atoms with van der Waals surface area (Å²) in [6, 6.07) is 9.57. The van der Waals surface area contributed by atoms with Gasteiger partial charge >= 0.3 is 0 Å². The van der Waals surface area contributed by atoms with E-state index in [1.807, 2.05) is 26.0 Å². The Kier molecular flexibility index (Phi) is 6.63. The first kappa shape index (κ1) is 21.6. The van der Waals surface area contributed by atoms with E-state index in [2.05, 4.69) is 32.2 Å². The molecule has 0 bridgehead atoms. The SMILES string of the molecule is CCN(CC)C(=O)c1sc(NC(=O)c2ccc(C(C)(C)C)cc2)c(C#N)c1C. The van der Waals surface area contributed by atoms with Crippen molar-refractivity contribution in [2.75, 3.05) is 18.4 Å². The van der Waals surface area contributed by atoms with Crippen molar-refractivity contribution in [1.29, 1.82) is 5.26 Å². The Hall–Kier alpha value is -2.65. The number of hydrogen-bond acceptors (Lipinski definition) is 4. The molecule has 1 aromatic heterocycles. The van der Waals surface area contributed by atoms with Crippen LogP contribution >= 0.6 is 11.3 Å². The summed E-state index contributed by atoms with van der Waals surface area (Å²) in [6.07, 6.45) is 0. The van der Waals surface area contributed by atoms with Crippen molar-refractivity contribution < 1.29 is 9.59 Å². The minimum absolute atomic E-state index is 0.00748. The standard InChI is InChI=1S/C22H27N3O2S/c1-7-25(8-2)21(27)18-14(3)17(13-23)20(28-18)24-19(26)15-9-11-16(12-10-15)22(4,5)6/h9-12H,7-8H2,1-6H3,(H,24,26). The summed E-state index contributed by atoms with van der Waals surface area (Å²) in [4.78, 5) is 27.6. The van der Waals surface area contributed by atoms with Crippen LogP contribution in [0.25, 0.3) is 0 Å². The number of carbonyl (C=O) groups is 2. The summed E-state index contributed by atoms with van der Waals surface area (Å²) in [7, 11) is 0. The number of anilines is 1. The van der Waals surface area contributed by atoms with Crippen LogP contribution in [0.4, 0.5) is 5.00 Å². The maximum Gasteiger partial charge on any atom is 0.264 e. The Morgan fingerprint density at radius 1 is 1.14 bits per heavy atom. The first-order valence-corrected chi connectivity index (χ1v) is 10.2. The smallest absolute Gasteiger partial charge is 0.264 e. The second kappa shape index (κ2) is 8.57. The summed E-state index contributed by atoms with van der Waals surface area (Å²) < 4.78 is 0. The van der Waals surface area contributed by atoms with Crippen LogP contribution in [0.5, 0.6) is 0 Å². The van der Waals surface area contributed by atoms with Gasteiger partial charge in [0, 0.05) is 18.7 Å². The molecule has 0 aliphatic rings. The first-order valence-electron chi connectivity index (χ1n) is 9.38. The summed E-state index contributed by atoms with van der Waals surface area (Å²) in [5.74, 6) is -0.404. The molecule has 0 saturated carbocycles. The van der Waals surface area contributed by atoms with Crippen LogP contribution in [0, 0.1) is 18.3 Å². The number of benzene rings is 1. The Morgan fingerprint density at radius 3 is 2.18 bits per heavy atom. The van der Waals surface area contributed by atoms with Crippen LogP contribution < -0.4 is 5.32 Å². The number of thiophene rings is 1. The normalized spacial score (nSPS) is 11.0. The Morgan fingerprint density at radius 2 is 1.71 bits per heavy atom. The van der Waals surface area contributed by atoms with Crippen molar-refractivity contribution >= 4 is 28.2 Å². The molecule has 2 amide bonds. The van der Waals surface area contributed by atoms with Gasteiger partial charge in [0.15, 0.2) is 0 Å². The van der Waals surface area contributed by atoms with Gasteiger partial charge in [-0.1, -0.05) is 32.9 Å². The fourth-order valence-electron chi connectivity index (χ4n) is 2.89. The fraction of sp³-hybridized carbons (Fsp3) is 0.409. The van der Waals surface area contributed by atoms with Crippen LogP contribution in [0.15, 0.2) is 24.3 Å². The molecular formula is C22H27N3O2S. The predicted molar refractivity (Wildman–Crippen MR) is 114 cm³/mol. The summed E-state index contributed by atoms with van der Waals surface area (Å²) >= 11 is 1.16.